The van der Waals surface area contributed by atoms with Crippen molar-refractivity contribution in [1.29, 1.82) is 0 Å². The van der Waals surface area contributed by atoms with Crippen LogP contribution in [-0.4, -0.2) is 43.9 Å². The van der Waals surface area contributed by atoms with E-state index in [0.717, 1.165) is 30.0 Å². The number of hydrogen-bond acceptors (Lipinski definition) is 5. The van der Waals surface area contributed by atoms with Gasteiger partial charge in [-0.25, -0.2) is 9.71 Å². The van der Waals surface area contributed by atoms with Gasteiger partial charge in [0.05, 0.1) is 5.69 Å². The summed E-state index contributed by atoms with van der Waals surface area (Å²) in [5.74, 6) is 0. The fourth-order valence-corrected chi connectivity index (χ4v) is 4.03. The Morgan fingerprint density at radius 2 is 2.14 bits per heavy atom. The van der Waals surface area contributed by atoms with Gasteiger partial charge in [-0.05, 0) is 39.2 Å². The summed E-state index contributed by atoms with van der Waals surface area (Å²) in [5, 5.41) is 3.83. The number of thiazole rings is 1. The molecule has 1 aliphatic carbocycles. The van der Waals surface area contributed by atoms with Gasteiger partial charge in [0.2, 0.25) is 0 Å². The minimum absolute atomic E-state index is 0.451. The van der Waals surface area contributed by atoms with Crippen LogP contribution in [0.4, 0.5) is 5.13 Å². The largest absolute Gasteiger partial charge is 0.314 e. The second-order valence-electron chi connectivity index (χ2n) is 5.39. The SMILES string of the molecule is CCc1nc(NS(=O)(=O)N(C)CCCNC2CC2)sc1C. The highest BCUT2D eigenvalue weighted by Gasteiger charge is 2.21. The van der Waals surface area contributed by atoms with Crippen molar-refractivity contribution in [3.63, 3.8) is 0 Å². The lowest BCUT2D eigenvalue weighted by Crippen LogP contribution is -2.34. The number of rotatable bonds is 9. The fourth-order valence-electron chi connectivity index (χ4n) is 2.00. The van der Waals surface area contributed by atoms with Gasteiger partial charge in [-0.2, -0.15) is 12.7 Å². The van der Waals surface area contributed by atoms with Gasteiger partial charge in [-0.3, -0.25) is 0 Å². The van der Waals surface area contributed by atoms with Gasteiger partial charge in [0.25, 0.3) is 0 Å². The summed E-state index contributed by atoms with van der Waals surface area (Å²) in [5.41, 5.74) is 0.953. The predicted octanol–water partition coefficient (Wildman–Crippen LogP) is 1.74. The molecule has 0 aliphatic heterocycles. The van der Waals surface area contributed by atoms with Gasteiger partial charge >= 0.3 is 10.2 Å². The number of nitrogens with zero attached hydrogens (tertiary/aromatic N) is 2. The molecule has 6 nitrogen and oxygen atoms in total. The topological polar surface area (TPSA) is 74.3 Å². The first-order chi connectivity index (χ1) is 9.92. The van der Waals surface area contributed by atoms with E-state index in [9.17, 15) is 8.42 Å². The molecule has 0 saturated heterocycles. The fraction of sp³-hybridized carbons (Fsp3) is 0.769. The van der Waals surface area contributed by atoms with Gasteiger partial charge < -0.3 is 5.32 Å². The molecular weight excluding hydrogens is 308 g/mol. The van der Waals surface area contributed by atoms with Crippen LogP contribution in [0.15, 0.2) is 0 Å². The van der Waals surface area contributed by atoms with Crippen molar-refractivity contribution in [3.8, 4) is 0 Å². The van der Waals surface area contributed by atoms with Crippen LogP contribution in [0.3, 0.4) is 0 Å². The highest BCUT2D eigenvalue weighted by molar-refractivity contribution is 7.90. The lowest BCUT2D eigenvalue weighted by molar-refractivity contribution is 0.458. The van der Waals surface area contributed by atoms with Crippen LogP contribution in [-0.2, 0) is 16.6 Å². The second kappa shape index (κ2) is 7.04. The molecule has 0 amide bonds. The van der Waals surface area contributed by atoms with Crippen molar-refractivity contribution < 1.29 is 8.42 Å². The number of aromatic nitrogens is 1. The number of nitrogens with one attached hydrogen (secondary N) is 2. The van der Waals surface area contributed by atoms with Gasteiger partial charge in [0.15, 0.2) is 5.13 Å². The van der Waals surface area contributed by atoms with Gasteiger partial charge in [0.1, 0.15) is 0 Å². The zero-order chi connectivity index (χ0) is 15.5. The van der Waals surface area contributed by atoms with Crippen LogP contribution >= 0.6 is 11.3 Å². The molecule has 0 spiro atoms. The molecule has 1 aromatic heterocycles. The summed E-state index contributed by atoms with van der Waals surface area (Å²) in [6.45, 7) is 5.34. The van der Waals surface area contributed by atoms with Gasteiger partial charge in [-0.1, -0.05) is 6.92 Å². The molecule has 1 saturated carbocycles. The smallest absolute Gasteiger partial charge is 0.303 e. The molecule has 8 heteroatoms. The Balaban J connectivity index is 1.83. The molecule has 120 valence electrons. The normalized spacial score (nSPS) is 15.6. The highest BCUT2D eigenvalue weighted by Crippen LogP contribution is 2.23. The van der Waals surface area contributed by atoms with Crippen molar-refractivity contribution in [2.45, 2.75) is 45.6 Å². The second-order valence-corrected chi connectivity index (χ2v) is 8.37. The average Bonchev–Trinajstić information content (AvgIpc) is 3.17. The third-order valence-electron chi connectivity index (χ3n) is 3.51. The molecule has 2 N–H and O–H groups in total. The van der Waals surface area contributed by atoms with Crippen molar-refractivity contribution in [3.05, 3.63) is 10.6 Å². The summed E-state index contributed by atoms with van der Waals surface area (Å²) in [6.07, 6.45) is 4.12. The maximum absolute atomic E-state index is 12.2. The monoisotopic (exact) mass is 332 g/mol. The molecular formula is C13H24N4O2S2. The molecule has 0 radical (unpaired) electrons. The Morgan fingerprint density at radius 1 is 1.43 bits per heavy atom. The molecule has 0 aromatic carbocycles. The number of hydrogen-bond donors (Lipinski definition) is 2. The molecule has 1 fully saturated rings. The first kappa shape index (κ1) is 16.7. The molecule has 0 unspecified atom stereocenters. The van der Waals surface area contributed by atoms with Crippen molar-refractivity contribution in [2.75, 3.05) is 24.9 Å². The molecule has 1 aromatic rings. The van der Waals surface area contributed by atoms with E-state index in [1.807, 2.05) is 13.8 Å². The predicted molar refractivity (Wildman–Crippen MR) is 87.0 cm³/mol. The Bertz CT molecular complexity index is 567. The standard InChI is InChI=1S/C13H24N4O2S2/c1-4-12-10(2)20-13(15-12)16-21(18,19)17(3)9-5-8-14-11-6-7-11/h11,14H,4-9H2,1-3H3,(H,15,16). The van der Waals surface area contributed by atoms with E-state index in [4.69, 9.17) is 0 Å². The molecule has 1 aliphatic rings. The van der Waals surface area contributed by atoms with E-state index >= 15 is 0 Å². The lowest BCUT2D eigenvalue weighted by atomic mass is 10.3. The van der Waals surface area contributed by atoms with E-state index in [2.05, 4.69) is 15.0 Å². The van der Waals surface area contributed by atoms with Gasteiger partial charge in [-0.15, -0.1) is 11.3 Å². The molecule has 0 bridgehead atoms. The van der Waals surface area contributed by atoms with E-state index in [0.29, 0.717) is 17.7 Å². The van der Waals surface area contributed by atoms with Crippen LogP contribution in [0.1, 0.15) is 36.8 Å². The maximum atomic E-state index is 12.2. The van der Waals surface area contributed by atoms with Crippen LogP contribution < -0.4 is 10.0 Å². The summed E-state index contributed by atoms with van der Waals surface area (Å²) < 4.78 is 28.3. The number of anilines is 1. The van der Waals surface area contributed by atoms with Crippen molar-refractivity contribution >= 4 is 26.7 Å². The summed E-state index contributed by atoms with van der Waals surface area (Å²) in [4.78, 5) is 5.37. The zero-order valence-corrected chi connectivity index (χ0v) is 14.5. The Labute approximate surface area is 131 Å². The van der Waals surface area contributed by atoms with E-state index in [-0.39, 0.29) is 0 Å². The van der Waals surface area contributed by atoms with Crippen LogP contribution in [0.25, 0.3) is 0 Å². The first-order valence-electron chi connectivity index (χ1n) is 7.36. The first-order valence-corrected chi connectivity index (χ1v) is 9.61. The average molecular weight is 332 g/mol. The van der Waals surface area contributed by atoms with Gasteiger partial charge in [0, 0.05) is 24.5 Å². The zero-order valence-electron chi connectivity index (χ0n) is 12.8. The van der Waals surface area contributed by atoms with Crippen LogP contribution in [0, 0.1) is 6.92 Å². The summed E-state index contributed by atoms with van der Waals surface area (Å²) in [7, 11) is -1.91. The molecule has 21 heavy (non-hydrogen) atoms. The Kier molecular flexibility index (Phi) is 5.59. The van der Waals surface area contributed by atoms with Crippen LogP contribution in [0.2, 0.25) is 0 Å². The molecule has 1 heterocycles. The van der Waals surface area contributed by atoms with Crippen LogP contribution in [0.5, 0.6) is 0 Å². The maximum Gasteiger partial charge on any atom is 0.303 e. The molecule has 2 rings (SSSR count). The van der Waals surface area contributed by atoms with Crippen molar-refractivity contribution in [2.24, 2.45) is 0 Å². The third-order valence-corrected chi connectivity index (χ3v) is 6.03. The summed E-state index contributed by atoms with van der Waals surface area (Å²) >= 11 is 1.38. The minimum atomic E-state index is -3.51. The molecule has 0 atom stereocenters. The quantitative estimate of drug-likeness (QED) is 0.676. The van der Waals surface area contributed by atoms with E-state index < -0.39 is 10.2 Å². The highest BCUT2D eigenvalue weighted by atomic mass is 32.2. The lowest BCUT2D eigenvalue weighted by Gasteiger charge is -2.17. The minimum Gasteiger partial charge on any atom is -0.314 e. The van der Waals surface area contributed by atoms with Crippen molar-refractivity contribution in [1.82, 2.24) is 14.6 Å². The third kappa shape index (κ3) is 4.91. The van der Waals surface area contributed by atoms with E-state index in [1.54, 1.807) is 7.05 Å². The number of aryl methyl sites for hydroxylation is 2. The summed E-state index contributed by atoms with van der Waals surface area (Å²) in [6, 6.07) is 0.663. The Hall–Kier alpha value is -0.700. The Morgan fingerprint density at radius 3 is 2.71 bits per heavy atom. The van der Waals surface area contributed by atoms with E-state index in [1.165, 1.54) is 28.5 Å².